The van der Waals surface area contributed by atoms with Crippen LogP contribution in [0.25, 0.3) is 0 Å². The molecule has 0 radical (unpaired) electrons. The SMILES string of the molecule is CCCCCCC1(N)CCCC(C(F)(F)F)C1. The van der Waals surface area contributed by atoms with E-state index >= 15 is 0 Å². The Balaban J connectivity index is 2.40. The van der Waals surface area contributed by atoms with Crippen molar-refractivity contribution >= 4 is 0 Å². The quantitative estimate of drug-likeness (QED) is 0.720. The van der Waals surface area contributed by atoms with Gasteiger partial charge in [-0.3, -0.25) is 0 Å². The van der Waals surface area contributed by atoms with Gasteiger partial charge in [-0.15, -0.1) is 0 Å². The average Bonchev–Trinajstić information content (AvgIpc) is 2.23. The predicted molar refractivity (Wildman–Crippen MR) is 63.7 cm³/mol. The van der Waals surface area contributed by atoms with Crippen molar-refractivity contribution in [2.24, 2.45) is 11.7 Å². The molecule has 1 aliphatic carbocycles. The normalized spacial score (nSPS) is 30.5. The molecule has 0 aromatic heterocycles. The highest BCUT2D eigenvalue weighted by atomic mass is 19.4. The summed E-state index contributed by atoms with van der Waals surface area (Å²) in [4.78, 5) is 0. The number of alkyl halides is 3. The smallest absolute Gasteiger partial charge is 0.325 e. The third kappa shape index (κ3) is 4.86. The molecule has 0 aromatic rings. The van der Waals surface area contributed by atoms with Crippen LogP contribution < -0.4 is 5.73 Å². The Morgan fingerprint density at radius 1 is 1.24 bits per heavy atom. The molecule has 0 heterocycles. The molecular weight excluding hydrogens is 227 g/mol. The lowest BCUT2D eigenvalue weighted by atomic mass is 9.73. The lowest BCUT2D eigenvalue weighted by molar-refractivity contribution is -0.187. The van der Waals surface area contributed by atoms with Crippen LogP contribution in [0.15, 0.2) is 0 Å². The molecular formula is C13H24F3N. The first kappa shape index (κ1) is 14.8. The second-order valence-electron chi connectivity index (χ2n) is 5.51. The van der Waals surface area contributed by atoms with Crippen LogP contribution >= 0.6 is 0 Å². The molecule has 0 spiro atoms. The van der Waals surface area contributed by atoms with Crippen LogP contribution in [-0.2, 0) is 0 Å². The van der Waals surface area contributed by atoms with Crippen molar-refractivity contribution in [3.63, 3.8) is 0 Å². The second kappa shape index (κ2) is 6.07. The number of hydrogen-bond acceptors (Lipinski definition) is 1. The molecule has 0 bridgehead atoms. The van der Waals surface area contributed by atoms with E-state index in [-0.39, 0.29) is 12.8 Å². The molecule has 1 fully saturated rings. The Labute approximate surface area is 102 Å². The molecule has 4 heteroatoms. The van der Waals surface area contributed by atoms with Crippen LogP contribution in [-0.4, -0.2) is 11.7 Å². The van der Waals surface area contributed by atoms with Crippen LogP contribution in [0, 0.1) is 5.92 Å². The Hall–Kier alpha value is -0.250. The molecule has 0 aliphatic heterocycles. The van der Waals surface area contributed by atoms with E-state index in [0.29, 0.717) is 6.42 Å². The molecule has 0 amide bonds. The Bertz CT molecular complexity index is 227. The fourth-order valence-electron chi connectivity index (χ4n) is 2.81. The van der Waals surface area contributed by atoms with Crippen LogP contribution in [0.5, 0.6) is 0 Å². The summed E-state index contributed by atoms with van der Waals surface area (Å²) in [6.07, 6.45) is 2.80. The van der Waals surface area contributed by atoms with E-state index in [0.717, 1.165) is 38.5 Å². The van der Waals surface area contributed by atoms with Crippen LogP contribution in [0.2, 0.25) is 0 Å². The van der Waals surface area contributed by atoms with Gasteiger partial charge in [0, 0.05) is 5.54 Å². The Morgan fingerprint density at radius 2 is 1.94 bits per heavy atom. The maximum absolute atomic E-state index is 12.7. The minimum Gasteiger partial charge on any atom is -0.325 e. The molecule has 17 heavy (non-hydrogen) atoms. The molecule has 1 saturated carbocycles. The summed E-state index contributed by atoms with van der Waals surface area (Å²) < 4.78 is 38.0. The zero-order valence-corrected chi connectivity index (χ0v) is 10.7. The van der Waals surface area contributed by atoms with Gasteiger partial charge in [0.2, 0.25) is 0 Å². The molecule has 0 saturated heterocycles. The summed E-state index contributed by atoms with van der Waals surface area (Å²) in [7, 11) is 0. The highest BCUT2D eigenvalue weighted by Crippen LogP contribution is 2.42. The highest BCUT2D eigenvalue weighted by Gasteiger charge is 2.45. The van der Waals surface area contributed by atoms with Gasteiger partial charge in [-0.1, -0.05) is 39.0 Å². The fraction of sp³-hybridized carbons (Fsp3) is 1.00. The molecule has 0 aromatic carbocycles. The van der Waals surface area contributed by atoms with Gasteiger partial charge in [0.05, 0.1) is 5.92 Å². The zero-order chi connectivity index (χ0) is 12.9. The van der Waals surface area contributed by atoms with Gasteiger partial charge in [-0.05, 0) is 25.7 Å². The Morgan fingerprint density at radius 3 is 2.53 bits per heavy atom. The summed E-state index contributed by atoms with van der Waals surface area (Å²) in [5.74, 6) is -1.17. The van der Waals surface area contributed by atoms with Gasteiger partial charge < -0.3 is 5.73 Å². The highest BCUT2D eigenvalue weighted by molar-refractivity contribution is 4.92. The third-order valence-corrected chi connectivity index (χ3v) is 3.87. The van der Waals surface area contributed by atoms with E-state index in [1.165, 1.54) is 0 Å². The van der Waals surface area contributed by atoms with Crippen molar-refractivity contribution < 1.29 is 13.2 Å². The summed E-state index contributed by atoms with van der Waals surface area (Å²) in [6.45, 7) is 2.12. The van der Waals surface area contributed by atoms with Crippen molar-refractivity contribution in [3.05, 3.63) is 0 Å². The summed E-state index contributed by atoms with van der Waals surface area (Å²) in [5, 5.41) is 0. The molecule has 2 atom stereocenters. The maximum Gasteiger partial charge on any atom is 0.391 e. The number of nitrogens with two attached hydrogens (primary N) is 1. The van der Waals surface area contributed by atoms with Crippen LogP contribution in [0.1, 0.15) is 64.7 Å². The standard InChI is InChI=1S/C13H24F3N/c1-2-3-4-5-8-12(17)9-6-7-11(10-12)13(14,15)16/h11H,2-10,17H2,1H3. The lowest BCUT2D eigenvalue weighted by Crippen LogP contribution is -2.47. The van der Waals surface area contributed by atoms with Crippen molar-refractivity contribution in [1.29, 1.82) is 0 Å². The lowest BCUT2D eigenvalue weighted by Gasteiger charge is -2.38. The molecule has 2 unspecified atom stereocenters. The molecule has 102 valence electrons. The van der Waals surface area contributed by atoms with Gasteiger partial charge in [0.15, 0.2) is 0 Å². The van der Waals surface area contributed by atoms with Crippen molar-refractivity contribution in [2.45, 2.75) is 76.4 Å². The van der Waals surface area contributed by atoms with E-state index < -0.39 is 17.6 Å². The molecule has 1 nitrogen and oxygen atoms in total. The van der Waals surface area contributed by atoms with E-state index in [2.05, 4.69) is 6.92 Å². The van der Waals surface area contributed by atoms with Crippen LogP contribution in [0.4, 0.5) is 13.2 Å². The molecule has 1 aliphatic rings. The van der Waals surface area contributed by atoms with E-state index in [1.54, 1.807) is 0 Å². The largest absolute Gasteiger partial charge is 0.391 e. The fourth-order valence-corrected chi connectivity index (χ4v) is 2.81. The van der Waals surface area contributed by atoms with Gasteiger partial charge in [0.25, 0.3) is 0 Å². The Kier molecular flexibility index (Phi) is 5.29. The maximum atomic E-state index is 12.7. The van der Waals surface area contributed by atoms with Gasteiger partial charge in [-0.25, -0.2) is 0 Å². The minimum absolute atomic E-state index is 0.128. The predicted octanol–water partition coefficient (Wildman–Crippen LogP) is 4.41. The van der Waals surface area contributed by atoms with E-state index in [1.807, 2.05) is 0 Å². The van der Waals surface area contributed by atoms with E-state index in [9.17, 15) is 13.2 Å². The minimum atomic E-state index is -4.06. The molecule has 1 rings (SSSR count). The summed E-state index contributed by atoms with van der Waals surface area (Å²) >= 11 is 0. The number of halogens is 3. The topological polar surface area (TPSA) is 26.0 Å². The number of unbranched alkanes of at least 4 members (excludes halogenated alkanes) is 3. The zero-order valence-electron chi connectivity index (χ0n) is 10.7. The van der Waals surface area contributed by atoms with Crippen LogP contribution in [0.3, 0.4) is 0 Å². The first-order chi connectivity index (χ1) is 7.87. The third-order valence-electron chi connectivity index (χ3n) is 3.87. The monoisotopic (exact) mass is 251 g/mol. The van der Waals surface area contributed by atoms with Gasteiger partial charge in [0.1, 0.15) is 0 Å². The van der Waals surface area contributed by atoms with Crippen molar-refractivity contribution in [1.82, 2.24) is 0 Å². The first-order valence-electron chi connectivity index (χ1n) is 6.73. The van der Waals surface area contributed by atoms with Crippen molar-refractivity contribution in [3.8, 4) is 0 Å². The van der Waals surface area contributed by atoms with Crippen molar-refractivity contribution in [2.75, 3.05) is 0 Å². The van der Waals surface area contributed by atoms with Gasteiger partial charge in [-0.2, -0.15) is 13.2 Å². The number of rotatable bonds is 5. The second-order valence-corrected chi connectivity index (χ2v) is 5.51. The molecule has 2 N–H and O–H groups in total. The summed E-state index contributed by atoms with van der Waals surface area (Å²) in [5.41, 5.74) is 5.57. The van der Waals surface area contributed by atoms with E-state index in [4.69, 9.17) is 5.73 Å². The van der Waals surface area contributed by atoms with Gasteiger partial charge >= 0.3 is 6.18 Å². The number of hydrogen-bond donors (Lipinski definition) is 1. The average molecular weight is 251 g/mol. The first-order valence-corrected chi connectivity index (χ1v) is 6.73. The summed E-state index contributed by atoms with van der Waals surface area (Å²) in [6, 6.07) is 0.